The monoisotopic (exact) mass is 461 g/mol. The molecule has 2 aliphatic rings. The number of nitrogens with zero attached hydrogens (tertiary/aromatic N) is 4. The van der Waals surface area contributed by atoms with Crippen LogP contribution in [-0.4, -0.2) is 47.0 Å². The first-order valence-corrected chi connectivity index (χ1v) is 13.3. The minimum absolute atomic E-state index is 0.223. The Hall–Kier alpha value is -2.13. The quantitative estimate of drug-likeness (QED) is 0.448. The second-order valence-corrected chi connectivity index (χ2v) is 10.7. The number of hydrogen-bond donors (Lipinski definition) is 1. The first-order valence-electron chi connectivity index (χ1n) is 11.9. The van der Waals surface area contributed by atoms with Gasteiger partial charge in [-0.15, -0.1) is 16.8 Å². The topological polar surface area (TPSA) is 88.8 Å². The molecular weight excluding hydrogens is 426 g/mol. The fourth-order valence-electron chi connectivity index (χ4n) is 4.47. The van der Waals surface area contributed by atoms with Crippen LogP contribution in [-0.2, 0) is 10.2 Å². The van der Waals surface area contributed by atoms with Gasteiger partial charge in [-0.25, -0.2) is 4.72 Å². The highest BCUT2D eigenvalue weighted by molar-refractivity contribution is 7.90. The van der Waals surface area contributed by atoms with Crippen LogP contribution >= 0.6 is 0 Å². The summed E-state index contributed by atoms with van der Waals surface area (Å²) in [4.78, 5) is 0. The molecule has 1 N–H and O–H groups in total. The molecule has 0 unspecified atom stereocenters. The van der Waals surface area contributed by atoms with Gasteiger partial charge in [0.15, 0.2) is 5.65 Å². The van der Waals surface area contributed by atoms with Crippen molar-refractivity contribution in [3.05, 3.63) is 30.5 Å². The second kappa shape index (κ2) is 9.79. The Balaban J connectivity index is 1.57. The van der Waals surface area contributed by atoms with Crippen LogP contribution in [0, 0.1) is 11.8 Å². The highest BCUT2D eigenvalue weighted by Gasteiger charge is 2.31. The van der Waals surface area contributed by atoms with Crippen LogP contribution in [0.3, 0.4) is 0 Å². The molecule has 0 bridgehead atoms. The van der Waals surface area contributed by atoms with E-state index in [9.17, 15) is 8.42 Å². The van der Waals surface area contributed by atoms with E-state index in [-0.39, 0.29) is 5.95 Å². The van der Waals surface area contributed by atoms with Gasteiger partial charge in [-0.2, -0.15) is 12.7 Å². The summed E-state index contributed by atoms with van der Waals surface area (Å²) in [6.45, 7) is 10.1. The number of nitrogens with one attached hydrogen (secondary N) is 1. The Kier molecular flexibility index (Phi) is 7.05. The average Bonchev–Trinajstić information content (AvgIpc) is 3.50. The highest BCUT2D eigenvalue weighted by atomic mass is 32.2. The summed E-state index contributed by atoms with van der Waals surface area (Å²) in [6, 6.07) is 1.90. The van der Waals surface area contributed by atoms with Gasteiger partial charge in [-0.1, -0.05) is 32.8 Å². The Morgan fingerprint density at radius 3 is 2.59 bits per heavy atom. The molecule has 0 spiro atoms. The van der Waals surface area contributed by atoms with E-state index in [1.807, 2.05) is 18.3 Å². The van der Waals surface area contributed by atoms with Gasteiger partial charge in [0.05, 0.1) is 6.61 Å². The van der Waals surface area contributed by atoms with E-state index >= 15 is 0 Å². The molecule has 0 aromatic carbocycles. The molecule has 176 valence electrons. The van der Waals surface area contributed by atoms with Gasteiger partial charge in [-0.3, -0.25) is 4.40 Å². The lowest BCUT2D eigenvalue weighted by Gasteiger charge is -2.29. The average molecular weight is 462 g/mol. The number of hydrogen-bond acceptors (Lipinski definition) is 5. The Labute approximate surface area is 191 Å². The molecular formula is C23H35N5O3S. The van der Waals surface area contributed by atoms with Gasteiger partial charge in [0.2, 0.25) is 5.95 Å². The van der Waals surface area contributed by atoms with Crippen molar-refractivity contribution in [2.75, 3.05) is 24.4 Å². The zero-order valence-electron chi connectivity index (χ0n) is 19.2. The number of allylic oxidation sites excluding steroid dienone is 1. The molecule has 1 saturated carbocycles. The second-order valence-electron chi connectivity index (χ2n) is 8.99. The van der Waals surface area contributed by atoms with Crippen LogP contribution < -0.4 is 9.46 Å². The summed E-state index contributed by atoms with van der Waals surface area (Å²) < 4.78 is 37.2. The van der Waals surface area contributed by atoms with Gasteiger partial charge in [-0.05, 0) is 49.9 Å². The predicted octanol–water partition coefficient (Wildman–Crippen LogP) is 4.37. The molecule has 1 aliphatic heterocycles. The summed E-state index contributed by atoms with van der Waals surface area (Å²) in [7, 11) is -3.59. The molecule has 32 heavy (non-hydrogen) atoms. The van der Waals surface area contributed by atoms with Crippen molar-refractivity contribution in [1.29, 1.82) is 0 Å². The third-order valence-corrected chi connectivity index (χ3v) is 8.32. The Bertz CT molecular complexity index is 1040. The molecule has 2 aromatic rings. The van der Waals surface area contributed by atoms with Crippen LogP contribution in [0.25, 0.3) is 5.65 Å². The van der Waals surface area contributed by atoms with Gasteiger partial charge >= 0.3 is 10.2 Å². The van der Waals surface area contributed by atoms with E-state index in [0.717, 1.165) is 56.3 Å². The number of pyridine rings is 1. The van der Waals surface area contributed by atoms with Crippen molar-refractivity contribution in [2.24, 2.45) is 11.8 Å². The summed E-state index contributed by atoms with van der Waals surface area (Å²) in [6.07, 6.45) is 11.4. The summed E-state index contributed by atoms with van der Waals surface area (Å²) >= 11 is 0. The standard InChI is InChI=1S/C23H35N5O3S/c1-4-7-9-19(17(5-2)6-3)16-31-21-14-22-24-25-23(26-32(29,30)27-12-8-13-27)28(22)15-20(21)18-10-11-18/h4,14-15,17-19H,1,5-13,16H2,2-3H3,(H,25,26)/t19-/m1/s1. The zero-order chi connectivity index (χ0) is 22.7. The Morgan fingerprint density at radius 1 is 1.25 bits per heavy atom. The van der Waals surface area contributed by atoms with Crippen LogP contribution in [0.4, 0.5) is 5.95 Å². The predicted molar refractivity (Wildman–Crippen MR) is 126 cm³/mol. The largest absolute Gasteiger partial charge is 0.493 e. The van der Waals surface area contributed by atoms with Gasteiger partial charge in [0, 0.05) is 30.9 Å². The summed E-state index contributed by atoms with van der Waals surface area (Å²) in [5.41, 5.74) is 1.68. The number of rotatable bonds is 13. The molecule has 0 amide bonds. The maximum Gasteiger partial charge on any atom is 0.303 e. The molecule has 9 heteroatoms. The fraction of sp³-hybridized carbons (Fsp3) is 0.652. The van der Waals surface area contributed by atoms with Crippen molar-refractivity contribution in [1.82, 2.24) is 18.9 Å². The smallest absolute Gasteiger partial charge is 0.303 e. The minimum atomic E-state index is -3.59. The normalized spacial score (nSPS) is 18.0. The van der Waals surface area contributed by atoms with Gasteiger partial charge in [0.25, 0.3) is 0 Å². The molecule has 1 saturated heterocycles. The van der Waals surface area contributed by atoms with Gasteiger partial charge in [0.1, 0.15) is 5.75 Å². The van der Waals surface area contributed by atoms with Crippen LogP contribution in [0.5, 0.6) is 5.75 Å². The van der Waals surface area contributed by atoms with E-state index in [2.05, 4.69) is 35.3 Å². The summed E-state index contributed by atoms with van der Waals surface area (Å²) in [5.74, 6) is 2.61. The molecule has 4 rings (SSSR count). The van der Waals surface area contributed by atoms with Crippen LogP contribution in [0.2, 0.25) is 0 Å². The molecule has 3 heterocycles. The molecule has 2 fully saturated rings. The van der Waals surface area contributed by atoms with E-state index < -0.39 is 10.2 Å². The number of aromatic nitrogens is 3. The van der Waals surface area contributed by atoms with E-state index in [0.29, 0.717) is 43.1 Å². The number of anilines is 1. The van der Waals surface area contributed by atoms with Crippen LogP contribution in [0.1, 0.15) is 70.3 Å². The van der Waals surface area contributed by atoms with Crippen molar-refractivity contribution in [3.63, 3.8) is 0 Å². The lowest BCUT2D eigenvalue weighted by atomic mass is 9.85. The minimum Gasteiger partial charge on any atom is -0.493 e. The lowest BCUT2D eigenvalue weighted by molar-refractivity contribution is 0.176. The third-order valence-electron chi connectivity index (χ3n) is 6.84. The first kappa shape index (κ1) is 23.0. The van der Waals surface area contributed by atoms with E-state index in [1.54, 1.807) is 4.40 Å². The van der Waals surface area contributed by atoms with Gasteiger partial charge < -0.3 is 4.74 Å². The molecule has 2 aromatic heterocycles. The maximum atomic E-state index is 12.5. The number of fused-ring (bicyclic) bond motifs is 1. The molecule has 8 nitrogen and oxygen atoms in total. The molecule has 0 radical (unpaired) electrons. The lowest BCUT2D eigenvalue weighted by Crippen LogP contribution is -2.45. The highest BCUT2D eigenvalue weighted by Crippen LogP contribution is 2.45. The van der Waals surface area contributed by atoms with Crippen LogP contribution in [0.15, 0.2) is 24.9 Å². The van der Waals surface area contributed by atoms with E-state index in [4.69, 9.17) is 4.74 Å². The fourth-order valence-corrected chi connectivity index (χ4v) is 5.71. The van der Waals surface area contributed by atoms with Crippen molar-refractivity contribution in [3.8, 4) is 5.75 Å². The van der Waals surface area contributed by atoms with Crippen molar-refractivity contribution in [2.45, 2.75) is 64.7 Å². The van der Waals surface area contributed by atoms with E-state index in [1.165, 1.54) is 4.31 Å². The van der Waals surface area contributed by atoms with Crippen molar-refractivity contribution < 1.29 is 13.2 Å². The summed E-state index contributed by atoms with van der Waals surface area (Å²) in [5, 5.41) is 8.31. The zero-order valence-corrected chi connectivity index (χ0v) is 20.0. The van der Waals surface area contributed by atoms with Crippen molar-refractivity contribution >= 4 is 21.8 Å². The Morgan fingerprint density at radius 2 is 2.00 bits per heavy atom. The molecule has 1 atom stereocenters. The molecule has 1 aliphatic carbocycles. The number of ether oxygens (including phenoxy) is 1. The SMILES string of the molecule is C=CCC[C@H](COc1cc2nnc(NS(=O)(=O)N3CCC3)n2cc1C1CC1)C(CC)CC. The maximum absolute atomic E-state index is 12.5. The third kappa shape index (κ3) is 4.93. The first-order chi connectivity index (χ1) is 15.5.